The Morgan fingerprint density at radius 2 is 2.00 bits per heavy atom. The van der Waals surface area contributed by atoms with Gasteiger partial charge in [0.15, 0.2) is 0 Å². The summed E-state index contributed by atoms with van der Waals surface area (Å²) in [5.41, 5.74) is 0.650. The van der Waals surface area contributed by atoms with Crippen molar-refractivity contribution in [3.8, 4) is 6.07 Å². The van der Waals surface area contributed by atoms with Crippen LogP contribution in [0.1, 0.15) is 69.4 Å². The van der Waals surface area contributed by atoms with Crippen LogP contribution in [0.15, 0.2) is 24.3 Å². The van der Waals surface area contributed by atoms with Crippen LogP contribution in [0.4, 0.5) is 0 Å². The molecule has 2 amide bonds. The van der Waals surface area contributed by atoms with Crippen molar-refractivity contribution in [1.29, 1.82) is 5.26 Å². The molecule has 0 bridgehead atoms. The second-order valence-electron chi connectivity index (χ2n) is 7.91. The molecule has 150 valence electrons. The van der Waals surface area contributed by atoms with Gasteiger partial charge in [0.05, 0.1) is 6.07 Å². The van der Waals surface area contributed by atoms with Gasteiger partial charge in [-0.15, -0.1) is 0 Å². The molecule has 1 aliphatic carbocycles. The Labute approximate surface area is 172 Å². The normalized spacial score (nSPS) is 21.1. The molecule has 28 heavy (non-hydrogen) atoms. The third-order valence-corrected chi connectivity index (χ3v) is 6.20. The number of amides is 2. The number of benzene rings is 1. The molecule has 2 atom stereocenters. The molecule has 2 fully saturated rings. The molecule has 3 rings (SSSR count). The number of nitriles is 1. The van der Waals surface area contributed by atoms with Gasteiger partial charge in [-0.1, -0.05) is 55.8 Å². The van der Waals surface area contributed by atoms with Crippen LogP contribution in [0, 0.1) is 17.2 Å². The quantitative estimate of drug-likeness (QED) is 0.768. The van der Waals surface area contributed by atoms with Crippen molar-refractivity contribution in [3.05, 3.63) is 34.9 Å². The summed E-state index contributed by atoms with van der Waals surface area (Å²) in [5, 5.41) is 12.8. The molecular formula is C22H28ClN3O2. The average molecular weight is 402 g/mol. The number of halogens is 1. The molecule has 2 aliphatic rings. The number of carbonyl (C=O) groups is 2. The maximum Gasteiger partial charge on any atom is 0.244 e. The van der Waals surface area contributed by atoms with E-state index in [1.807, 2.05) is 0 Å². The molecule has 1 aromatic rings. The number of hydrogen-bond donors (Lipinski definition) is 1. The third kappa shape index (κ3) is 5.26. The number of likely N-dealkylation sites (tertiary alicyclic amines) is 1. The monoisotopic (exact) mass is 401 g/mol. The van der Waals surface area contributed by atoms with E-state index in [4.69, 9.17) is 11.6 Å². The largest absolute Gasteiger partial charge is 0.335 e. The zero-order valence-corrected chi connectivity index (χ0v) is 17.0. The van der Waals surface area contributed by atoms with Crippen LogP contribution >= 0.6 is 11.6 Å². The molecule has 1 saturated heterocycles. The fraction of sp³-hybridized carbons (Fsp3) is 0.591. The number of carbonyl (C=O) groups excluding carboxylic acids is 2. The summed E-state index contributed by atoms with van der Waals surface area (Å²) < 4.78 is 0. The zero-order valence-electron chi connectivity index (χ0n) is 16.2. The lowest BCUT2D eigenvalue weighted by Crippen LogP contribution is -2.46. The Kier molecular flexibility index (Phi) is 7.33. The first-order chi connectivity index (χ1) is 13.6. The van der Waals surface area contributed by atoms with E-state index in [0.717, 1.165) is 12.8 Å². The molecule has 1 saturated carbocycles. The summed E-state index contributed by atoms with van der Waals surface area (Å²) in [7, 11) is 0. The smallest absolute Gasteiger partial charge is 0.244 e. The minimum Gasteiger partial charge on any atom is -0.335 e. The van der Waals surface area contributed by atoms with Crippen molar-refractivity contribution >= 4 is 23.4 Å². The van der Waals surface area contributed by atoms with Crippen LogP contribution in [0.2, 0.25) is 5.02 Å². The van der Waals surface area contributed by atoms with Gasteiger partial charge < -0.3 is 10.2 Å². The molecule has 0 aromatic heterocycles. The van der Waals surface area contributed by atoms with Crippen LogP contribution in [-0.2, 0) is 9.59 Å². The molecule has 1 aliphatic heterocycles. The highest BCUT2D eigenvalue weighted by Gasteiger charge is 2.35. The highest BCUT2D eigenvalue weighted by molar-refractivity contribution is 6.30. The van der Waals surface area contributed by atoms with Gasteiger partial charge >= 0.3 is 0 Å². The summed E-state index contributed by atoms with van der Waals surface area (Å²) in [5.74, 6) is 0.466. The van der Waals surface area contributed by atoms with E-state index < -0.39 is 12.1 Å². The van der Waals surface area contributed by atoms with Crippen LogP contribution in [0.25, 0.3) is 0 Å². The Bertz CT molecular complexity index is 740. The van der Waals surface area contributed by atoms with E-state index in [-0.39, 0.29) is 11.8 Å². The van der Waals surface area contributed by atoms with Crippen molar-refractivity contribution < 1.29 is 9.59 Å². The highest BCUT2D eigenvalue weighted by atomic mass is 35.5. The number of nitrogens with zero attached hydrogens (tertiary/aromatic N) is 2. The van der Waals surface area contributed by atoms with Gasteiger partial charge in [0.2, 0.25) is 11.8 Å². The Morgan fingerprint density at radius 3 is 2.71 bits per heavy atom. The Hall–Kier alpha value is -2.06. The minimum atomic E-state index is -0.772. The van der Waals surface area contributed by atoms with Gasteiger partial charge in [0.1, 0.15) is 12.1 Å². The van der Waals surface area contributed by atoms with E-state index >= 15 is 0 Å². The molecule has 1 heterocycles. The SMILES string of the molecule is N#CC(NC(=O)[C@@H]1CCCN1C(=O)CCC1CCCCC1)c1cccc(Cl)c1. The molecule has 0 spiro atoms. The lowest BCUT2D eigenvalue weighted by atomic mass is 9.86. The topological polar surface area (TPSA) is 73.2 Å². The van der Waals surface area contributed by atoms with Crippen LogP contribution in [0.3, 0.4) is 0 Å². The third-order valence-electron chi connectivity index (χ3n) is 5.96. The van der Waals surface area contributed by atoms with Crippen molar-refractivity contribution in [2.45, 2.75) is 69.9 Å². The van der Waals surface area contributed by atoms with Crippen molar-refractivity contribution in [2.75, 3.05) is 6.54 Å². The van der Waals surface area contributed by atoms with Crippen molar-refractivity contribution in [3.63, 3.8) is 0 Å². The molecule has 1 unspecified atom stereocenters. The maximum atomic E-state index is 12.8. The summed E-state index contributed by atoms with van der Waals surface area (Å²) in [6, 6.07) is 7.79. The van der Waals surface area contributed by atoms with Crippen molar-refractivity contribution in [2.24, 2.45) is 5.92 Å². The molecule has 6 heteroatoms. The maximum absolute atomic E-state index is 12.8. The Balaban J connectivity index is 1.57. The van der Waals surface area contributed by atoms with Gasteiger partial charge in [0, 0.05) is 18.0 Å². The predicted octanol–water partition coefficient (Wildman–Crippen LogP) is 4.37. The van der Waals surface area contributed by atoms with E-state index in [2.05, 4.69) is 11.4 Å². The highest BCUT2D eigenvalue weighted by Crippen LogP contribution is 2.28. The number of rotatable bonds is 6. The van der Waals surface area contributed by atoms with Crippen LogP contribution < -0.4 is 5.32 Å². The molecule has 1 aromatic carbocycles. The van der Waals surface area contributed by atoms with E-state index in [9.17, 15) is 14.9 Å². The fourth-order valence-corrected chi connectivity index (χ4v) is 4.60. The zero-order chi connectivity index (χ0) is 19.9. The first-order valence-corrected chi connectivity index (χ1v) is 10.7. The van der Waals surface area contributed by atoms with Gasteiger partial charge in [-0.3, -0.25) is 9.59 Å². The van der Waals surface area contributed by atoms with Gasteiger partial charge in [-0.2, -0.15) is 5.26 Å². The van der Waals surface area contributed by atoms with Gasteiger partial charge in [0.25, 0.3) is 0 Å². The van der Waals surface area contributed by atoms with E-state index in [1.165, 1.54) is 32.1 Å². The van der Waals surface area contributed by atoms with Crippen LogP contribution in [-0.4, -0.2) is 29.3 Å². The number of nitrogens with one attached hydrogen (secondary N) is 1. The minimum absolute atomic E-state index is 0.0690. The lowest BCUT2D eigenvalue weighted by Gasteiger charge is -2.27. The molecule has 0 radical (unpaired) electrons. The second kappa shape index (κ2) is 9.93. The average Bonchev–Trinajstić information content (AvgIpc) is 3.21. The predicted molar refractivity (Wildman–Crippen MR) is 108 cm³/mol. The molecular weight excluding hydrogens is 374 g/mol. The fourth-order valence-electron chi connectivity index (χ4n) is 4.40. The number of hydrogen-bond acceptors (Lipinski definition) is 3. The van der Waals surface area contributed by atoms with Gasteiger partial charge in [-0.25, -0.2) is 0 Å². The standard InChI is InChI=1S/C22H28ClN3O2/c23-18-9-4-8-17(14-18)19(15-24)25-22(28)20-10-5-13-26(20)21(27)12-11-16-6-2-1-3-7-16/h4,8-9,14,16,19-20H,1-3,5-7,10-13H2,(H,25,28)/t19?,20-/m0/s1. The van der Waals surface area contributed by atoms with E-state index in [0.29, 0.717) is 35.9 Å². The summed E-state index contributed by atoms with van der Waals surface area (Å²) in [6.07, 6.45) is 9.21. The van der Waals surface area contributed by atoms with Crippen molar-refractivity contribution in [1.82, 2.24) is 10.2 Å². The lowest BCUT2D eigenvalue weighted by molar-refractivity contribution is -0.138. The summed E-state index contributed by atoms with van der Waals surface area (Å²) in [6.45, 7) is 0.621. The van der Waals surface area contributed by atoms with Gasteiger partial charge in [-0.05, 0) is 42.9 Å². The first-order valence-electron chi connectivity index (χ1n) is 10.3. The molecule has 1 N–H and O–H groups in total. The summed E-state index contributed by atoms with van der Waals surface area (Å²) >= 11 is 6.00. The second-order valence-corrected chi connectivity index (χ2v) is 8.35. The molecule has 5 nitrogen and oxygen atoms in total. The first kappa shape index (κ1) is 20.7. The Morgan fingerprint density at radius 1 is 1.21 bits per heavy atom. The van der Waals surface area contributed by atoms with Crippen LogP contribution in [0.5, 0.6) is 0 Å². The summed E-state index contributed by atoms with van der Waals surface area (Å²) in [4.78, 5) is 27.3. The van der Waals surface area contributed by atoms with E-state index in [1.54, 1.807) is 29.2 Å².